The lowest BCUT2D eigenvalue weighted by atomic mass is 10.2. The second-order valence-corrected chi connectivity index (χ2v) is 7.42. The van der Waals surface area contributed by atoms with Crippen LogP contribution in [-0.2, 0) is 6.54 Å². The van der Waals surface area contributed by atoms with Crippen molar-refractivity contribution in [3.63, 3.8) is 0 Å². The van der Waals surface area contributed by atoms with E-state index in [1.54, 1.807) is 18.2 Å². The summed E-state index contributed by atoms with van der Waals surface area (Å²) in [7, 11) is 0. The van der Waals surface area contributed by atoms with Gasteiger partial charge in [-0.2, -0.15) is 0 Å². The minimum atomic E-state index is -0.146. The molecule has 0 radical (unpaired) electrons. The van der Waals surface area contributed by atoms with Crippen LogP contribution in [0.2, 0.25) is 5.02 Å². The molecular weight excluding hydrogens is 426 g/mol. The molecule has 1 N–H and O–H groups in total. The molecule has 0 fully saturated rings. The fourth-order valence-electron chi connectivity index (χ4n) is 2.87. The molecule has 0 aliphatic rings. The Hall–Kier alpha value is -2.63. The molecule has 0 amide bonds. The zero-order valence-electron chi connectivity index (χ0n) is 14.2. The molecule has 4 nitrogen and oxygen atoms in total. The zero-order valence-corrected chi connectivity index (χ0v) is 16.5. The van der Waals surface area contributed by atoms with Crippen LogP contribution in [0.15, 0.2) is 82.1 Å². The van der Waals surface area contributed by atoms with Crippen molar-refractivity contribution >= 4 is 38.4 Å². The number of para-hydroxylation sites is 1. The molecule has 3 aromatic carbocycles. The van der Waals surface area contributed by atoms with Crippen molar-refractivity contribution in [3.8, 4) is 11.4 Å². The monoisotopic (exact) mass is 439 g/mol. The summed E-state index contributed by atoms with van der Waals surface area (Å²) in [6, 6.07) is 22.6. The molecular formula is C21H15BrClN3O. The summed E-state index contributed by atoms with van der Waals surface area (Å²) in [5.41, 5.74) is 5.54. The van der Waals surface area contributed by atoms with Crippen LogP contribution in [0, 0.1) is 0 Å². The molecule has 1 heterocycles. The average molecular weight is 441 g/mol. The Morgan fingerprint density at radius 2 is 1.78 bits per heavy atom. The molecule has 1 aromatic heterocycles. The van der Waals surface area contributed by atoms with E-state index in [0.29, 0.717) is 28.3 Å². The summed E-state index contributed by atoms with van der Waals surface area (Å²) < 4.78 is 2.51. The first-order valence-electron chi connectivity index (χ1n) is 8.38. The highest BCUT2D eigenvalue weighted by molar-refractivity contribution is 9.10. The van der Waals surface area contributed by atoms with Crippen LogP contribution >= 0.6 is 27.5 Å². The number of hydrogen-bond donors (Lipinski definition) is 1. The van der Waals surface area contributed by atoms with Gasteiger partial charge in [0.25, 0.3) is 5.56 Å². The van der Waals surface area contributed by atoms with Crippen LogP contribution in [0.25, 0.3) is 22.3 Å². The van der Waals surface area contributed by atoms with Crippen molar-refractivity contribution in [2.45, 2.75) is 6.54 Å². The fraction of sp³-hybridized carbons (Fsp3) is 0.0476. The van der Waals surface area contributed by atoms with Crippen LogP contribution in [-0.4, -0.2) is 9.66 Å². The van der Waals surface area contributed by atoms with Crippen LogP contribution in [0.1, 0.15) is 5.56 Å². The third-order valence-corrected chi connectivity index (χ3v) is 4.98. The van der Waals surface area contributed by atoms with Crippen molar-refractivity contribution < 1.29 is 0 Å². The molecule has 0 bridgehead atoms. The number of hydrogen-bond acceptors (Lipinski definition) is 3. The van der Waals surface area contributed by atoms with Gasteiger partial charge in [-0.1, -0.05) is 63.9 Å². The fourth-order valence-corrected chi connectivity index (χ4v) is 3.33. The number of aromatic nitrogens is 2. The lowest BCUT2D eigenvalue weighted by Gasteiger charge is -2.16. The highest BCUT2D eigenvalue weighted by Crippen LogP contribution is 2.22. The van der Waals surface area contributed by atoms with Gasteiger partial charge in [0.1, 0.15) is 0 Å². The average Bonchev–Trinajstić information content (AvgIpc) is 2.68. The van der Waals surface area contributed by atoms with E-state index < -0.39 is 0 Å². The second-order valence-electron chi connectivity index (χ2n) is 6.06. The number of nitrogens with zero attached hydrogens (tertiary/aromatic N) is 2. The maximum Gasteiger partial charge on any atom is 0.280 e. The van der Waals surface area contributed by atoms with Gasteiger partial charge in [0.05, 0.1) is 17.4 Å². The summed E-state index contributed by atoms with van der Waals surface area (Å²) in [4.78, 5) is 17.8. The topological polar surface area (TPSA) is 46.9 Å². The van der Waals surface area contributed by atoms with E-state index >= 15 is 0 Å². The van der Waals surface area contributed by atoms with E-state index in [9.17, 15) is 4.79 Å². The molecule has 0 saturated carbocycles. The van der Waals surface area contributed by atoms with Crippen molar-refractivity contribution in [3.05, 3.63) is 98.2 Å². The van der Waals surface area contributed by atoms with E-state index in [0.717, 1.165) is 15.6 Å². The third-order valence-electron chi connectivity index (χ3n) is 4.21. The lowest BCUT2D eigenvalue weighted by molar-refractivity contribution is 0.801. The van der Waals surface area contributed by atoms with E-state index in [4.69, 9.17) is 16.6 Å². The largest absolute Gasteiger partial charge is 0.317 e. The number of fused-ring (bicyclic) bond motifs is 1. The summed E-state index contributed by atoms with van der Waals surface area (Å²) in [6.45, 7) is 0.487. The Bertz CT molecular complexity index is 1170. The van der Waals surface area contributed by atoms with Crippen molar-refractivity contribution in [1.29, 1.82) is 0 Å². The van der Waals surface area contributed by atoms with Gasteiger partial charge in [-0.25, -0.2) is 9.66 Å². The summed E-state index contributed by atoms with van der Waals surface area (Å²) in [5.74, 6) is 0.526. The molecule has 0 aliphatic heterocycles. The summed E-state index contributed by atoms with van der Waals surface area (Å²) in [5, 5.41) is 1.15. The van der Waals surface area contributed by atoms with Crippen LogP contribution < -0.4 is 11.0 Å². The predicted octanol–water partition coefficient (Wildman–Crippen LogP) is 5.22. The minimum Gasteiger partial charge on any atom is -0.317 e. The molecule has 6 heteroatoms. The smallest absolute Gasteiger partial charge is 0.280 e. The van der Waals surface area contributed by atoms with Gasteiger partial charge in [0.2, 0.25) is 0 Å². The number of nitrogens with one attached hydrogen (secondary N) is 1. The Kier molecular flexibility index (Phi) is 4.97. The van der Waals surface area contributed by atoms with E-state index in [-0.39, 0.29) is 5.56 Å². The van der Waals surface area contributed by atoms with Crippen LogP contribution in [0.3, 0.4) is 0 Å². The molecule has 0 saturated heterocycles. The normalized spacial score (nSPS) is 10.9. The summed E-state index contributed by atoms with van der Waals surface area (Å²) >= 11 is 9.58. The summed E-state index contributed by atoms with van der Waals surface area (Å²) in [6.07, 6.45) is 0. The van der Waals surface area contributed by atoms with Crippen molar-refractivity contribution in [1.82, 2.24) is 9.66 Å². The van der Waals surface area contributed by atoms with Gasteiger partial charge in [-0.15, -0.1) is 0 Å². The first-order valence-corrected chi connectivity index (χ1v) is 9.55. The number of benzene rings is 3. The standard InChI is InChI=1S/C21H15BrClN3O/c22-16-10-8-14(9-11-16)13-24-26-20(15-4-3-5-17(23)12-15)25-19-7-2-1-6-18(19)21(26)27/h1-12,24H,13H2. The lowest BCUT2D eigenvalue weighted by Crippen LogP contribution is -2.31. The molecule has 0 atom stereocenters. The van der Waals surface area contributed by atoms with E-state index in [2.05, 4.69) is 21.4 Å². The maximum atomic E-state index is 13.1. The number of halogens is 2. The Morgan fingerprint density at radius 3 is 2.56 bits per heavy atom. The Balaban J connectivity index is 1.83. The number of rotatable bonds is 4. The molecule has 0 spiro atoms. The Morgan fingerprint density at radius 1 is 1.00 bits per heavy atom. The van der Waals surface area contributed by atoms with Gasteiger partial charge in [0, 0.05) is 15.1 Å². The van der Waals surface area contributed by atoms with Crippen LogP contribution in [0.4, 0.5) is 0 Å². The second kappa shape index (κ2) is 7.55. The van der Waals surface area contributed by atoms with Gasteiger partial charge in [0.15, 0.2) is 5.82 Å². The highest BCUT2D eigenvalue weighted by Gasteiger charge is 2.13. The first-order chi connectivity index (χ1) is 13.1. The van der Waals surface area contributed by atoms with Gasteiger partial charge in [-0.3, -0.25) is 4.79 Å². The Labute approximate surface area is 169 Å². The van der Waals surface area contributed by atoms with Gasteiger partial charge >= 0.3 is 0 Å². The molecule has 27 heavy (non-hydrogen) atoms. The SMILES string of the molecule is O=c1c2ccccc2nc(-c2cccc(Cl)c2)n1NCc1ccc(Br)cc1. The molecule has 4 rings (SSSR count). The minimum absolute atomic E-state index is 0.146. The highest BCUT2D eigenvalue weighted by atomic mass is 79.9. The van der Waals surface area contributed by atoms with E-state index in [1.165, 1.54) is 4.68 Å². The van der Waals surface area contributed by atoms with Gasteiger partial charge in [-0.05, 0) is 42.0 Å². The van der Waals surface area contributed by atoms with Gasteiger partial charge < -0.3 is 5.43 Å². The maximum absolute atomic E-state index is 13.1. The molecule has 4 aromatic rings. The quantitative estimate of drug-likeness (QED) is 0.473. The van der Waals surface area contributed by atoms with E-state index in [1.807, 2.05) is 54.6 Å². The van der Waals surface area contributed by atoms with Crippen molar-refractivity contribution in [2.75, 3.05) is 5.43 Å². The third kappa shape index (κ3) is 3.75. The predicted molar refractivity (Wildman–Crippen MR) is 114 cm³/mol. The molecule has 0 aliphatic carbocycles. The van der Waals surface area contributed by atoms with Crippen LogP contribution in [0.5, 0.6) is 0 Å². The molecule has 134 valence electrons. The van der Waals surface area contributed by atoms with Crippen molar-refractivity contribution in [2.24, 2.45) is 0 Å². The zero-order chi connectivity index (χ0) is 18.8. The molecule has 0 unspecified atom stereocenters. The first kappa shape index (κ1) is 17.8.